The highest BCUT2D eigenvalue weighted by molar-refractivity contribution is 5.30. The summed E-state index contributed by atoms with van der Waals surface area (Å²) >= 11 is 0. The molecular weight excluding hydrogens is 160 g/mol. The Morgan fingerprint density at radius 3 is 2.77 bits per heavy atom. The Kier molecular flexibility index (Phi) is 2.12. The van der Waals surface area contributed by atoms with Crippen LogP contribution in [0, 0.1) is 12.8 Å². The Hall–Kier alpha value is -0.820. The summed E-state index contributed by atoms with van der Waals surface area (Å²) in [6.45, 7) is 4.00. The Bertz CT molecular complexity index is 304. The first-order valence-corrected chi connectivity index (χ1v) is 4.93. The molecule has 0 amide bonds. The van der Waals surface area contributed by atoms with Gasteiger partial charge in [-0.15, -0.1) is 0 Å². The normalized spacial score (nSPS) is 28.5. The van der Waals surface area contributed by atoms with E-state index < -0.39 is 0 Å². The van der Waals surface area contributed by atoms with E-state index in [0.717, 1.165) is 6.42 Å². The molecule has 0 unspecified atom stereocenters. The van der Waals surface area contributed by atoms with Gasteiger partial charge in [0.25, 0.3) is 0 Å². The van der Waals surface area contributed by atoms with Crippen LogP contribution in [0.3, 0.4) is 0 Å². The Balaban J connectivity index is 2.12. The third-order valence-corrected chi connectivity index (χ3v) is 2.93. The number of aryl methyl sites for hydroxylation is 1. The van der Waals surface area contributed by atoms with Crippen molar-refractivity contribution in [3.8, 4) is 0 Å². The largest absolute Gasteiger partial charge is 0.393 e. The molecule has 1 aliphatic carbocycles. The fourth-order valence-corrected chi connectivity index (χ4v) is 2.03. The van der Waals surface area contributed by atoms with Crippen molar-refractivity contribution in [2.75, 3.05) is 0 Å². The van der Waals surface area contributed by atoms with Crippen LogP contribution in [0.15, 0.2) is 24.3 Å². The van der Waals surface area contributed by atoms with E-state index in [4.69, 9.17) is 0 Å². The lowest BCUT2D eigenvalue weighted by atomic mass is 10.1. The summed E-state index contributed by atoms with van der Waals surface area (Å²) in [5.74, 6) is 1.11. The SMILES string of the molecule is Cc1cccc([C@@H]2C[C@@H]2[C@H](C)O)c1. The van der Waals surface area contributed by atoms with Gasteiger partial charge in [0.1, 0.15) is 0 Å². The van der Waals surface area contributed by atoms with E-state index in [9.17, 15) is 5.11 Å². The van der Waals surface area contributed by atoms with Crippen LogP contribution in [0.4, 0.5) is 0 Å². The molecule has 2 rings (SSSR count). The van der Waals surface area contributed by atoms with E-state index in [1.807, 2.05) is 6.92 Å². The Labute approximate surface area is 79.4 Å². The monoisotopic (exact) mass is 176 g/mol. The lowest BCUT2D eigenvalue weighted by molar-refractivity contribution is 0.169. The maximum atomic E-state index is 9.39. The molecule has 0 bridgehead atoms. The maximum Gasteiger partial charge on any atom is 0.0546 e. The third-order valence-electron chi connectivity index (χ3n) is 2.93. The van der Waals surface area contributed by atoms with Crippen LogP contribution in [-0.4, -0.2) is 11.2 Å². The van der Waals surface area contributed by atoms with E-state index in [-0.39, 0.29) is 6.10 Å². The quantitative estimate of drug-likeness (QED) is 0.734. The van der Waals surface area contributed by atoms with Gasteiger partial charge in [-0.25, -0.2) is 0 Å². The molecule has 70 valence electrons. The summed E-state index contributed by atoms with van der Waals surface area (Å²) < 4.78 is 0. The summed E-state index contributed by atoms with van der Waals surface area (Å²) in [5, 5.41) is 9.39. The van der Waals surface area contributed by atoms with Gasteiger partial charge in [0, 0.05) is 0 Å². The molecule has 1 aromatic rings. The molecule has 1 saturated carbocycles. The van der Waals surface area contributed by atoms with E-state index in [1.165, 1.54) is 11.1 Å². The minimum absolute atomic E-state index is 0.148. The summed E-state index contributed by atoms with van der Waals surface area (Å²) in [4.78, 5) is 0. The molecule has 0 aliphatic heterocycles. The average molecular weight is 176 g/mol. The van der Waals surface area contributed by atoms with Crippen LogP contribution in [0.1, 0.15) is 30.4 Å². The first-order chi connectivity index (χ1) is 6.18. The van der Waals surface area contributed by atoms with Crippen molar-refractivity contribution in [2.24, 2.45) is 5.92 Å². The summed E-state index contributed by atoms with van der Waals surface area (Å²) in [6.07, 6.45) is 1.01. The fraction of sp³-hybridized carbons (Fsp3) is 0.500. The first-order valence-electron chi connectivity index (χ1n) is 4.93. The van der Waals surface area contributed by atoms with Crippen molar-refractivity contribution in [3.05, 3.63) is 35.4 Å². The number of hydrogen-bond donors (Lipinski definition) is 1. The van der Waals surface area contributed by atoms with Crippen LogP contribution in [0.2, 0.25) is 0 Å². The van der Waals surface area contributed by atoms with Crippen molar-refractivity contribution < 1.29 is 5.11 Å². The second-order valence-electron chi connectivity index (χ2n) is 4.16. The Morgan fingerprint density at radius 2 is 2.23 bits per heavy atom. The molecule has 0 saturated heterocycles. The van der Waals surface area contributed by atoms with E-state index in [2.05, 4.69) is 31.2 Å². The smallest absolute Gasteiger partial charge is 0.0546 e. The molecule has 1 aromatic carbocycles. The van der Waals surface area contributed by atoms with Crippen LogP contribution in [-0.2, 0) is 0 Å². The third kappa shape index (κ3) is 1.75. The fourth-order valence-electron chi connectivity index (χ4n) is 2.03. The van der Waals surface area contributed by atoms with Crippen LogP contribution >= 0.6 is 0 Å². The molecule has 1 nitrogen and oxygen atoms in total. The minimum Gasteiger partial charge on any atom is -0.393 e. The lowest BCUT2D eigenvalue weighted by Gasteiger charge is -2.03. The molecule has 1 heteroatoms. The standard InChI is InChI=1S/C12H16O/c1-8-4-3-5-10(6-8)12-7-11(12)9(2)13/h3-6,9,11-13H,7H2,1-2H3/t9-,11+,12-/m0/s1. The van der Waals surface area contributed by atoms with Gasteiger partial charge in [0.2, 0.25) is 0 Å². The molecule has 0 radical (unpaired) electrons. The van der Waals surface area contributed by atoms with Gasteiger partial charge in [-0.1, -0.05) is 29.8 Å². The van der Waals surface area contributed by atoms with Crippen molar-refractivity contribution in [1.29, 1.82) is 0 Å². The van der Waals surface area contributed by atoms with E-state index in [1.54, 1.807) is 0 Å². The highest BCUT2D eigenvalue weighted by Crippen LogP contribution is 2.49. The highest BCUT2D eigenvalue weighted by Gasteiger charge is 2.41. The van der Waals surface area contributed by atoms with Gasteiger partial charge < -0.3 is 5.11 Å². The van der Waals surface area contributed by atoms with Gasteiger partial charge in [-0.2, -0.15) is 0 Å². The highest BCUT2D eigenvalue weighted by atomic mass is 16.3. The Morgan fingerprint density at radius 1 is 1.46 bits per heavy atom. The molecule has 3 atom stereocenters. The molecule has 1 N–H and O–H groups in total. The molecular formula is C12H16O. The maximum absolute atomic E-state index is 9.39. The van der Waals surface area contributed by atoms with E-state index >= 15 is 0 Å². The molecule has 0 aromatic heterocycles. The number of rotatable bonds is 2. The summed E-state index contributed by atoms with van der Waals surface area (Å²) in [5.41, 5.74) is 2.71. The predicted molar refractivity (Wildman–Crippen MR) is 53.7 cm³/mol. The van der Waals surface area contributed by atoms with Crippen molar-refractivity contribution in [3.63, 3.8) is 0 Å². The van der Waals surface area contributed by atoms with Crippen LogP contribution in [0.25, 0.3) is 0 Å². The van der Waals surface area contributed by atoms with Crippen LogP contribution < -0.4 is 0 Å². The second-order valence-corrected chi connectivity index (χ2v) is 4.16. The number of benzene rings is 1. The van der Waals surface area contributed by atoms with E-state index in [0.29, 0.717) is 11.8 Å². The van der Waals surface area contributed by atoms with Crippen molar-refractivity contribution in [2.45, 2.75) is 32.3 Å². The van der Waals surface area contributed by atoms with Gasteiger partial charge in [-0.3, -0.25) is 0 Å². The zero-order valence-electron chi connectivity index (χ0n) is 8.20. The minimum atomic E-state index is -0.148. The van der Waals surface area contributed by atoms with Crippen molar-refractivity contribution in [1.82, 2.24) is 0 Å². The molecule has 0 spiro atoms. The second kappa shape index (κ2) is 3.15. The van der Waals surface area contributed by atoms with Gasteiger partial charge in [-0.05, 0) is 37.7 Å². The summed E-state index contributed by atoms with van der Waals surface area (Å²) in [7, 11) is 0. The van der Waals surface area contributed by atoms with Crippen LogP contribution in [0.5, 0.6) is 0 Å². The summed E-state index contributed by atoms with van der Waals surface area (Å²) in [6, 6.07) is 8.61. The lowest BCUT2D eigenvalue weighted by Crippen LogP contribution is -2.03. The first kappa shape index (κ1) is 8.76. The van der Waals surface area contributed by atoms with Gasteiger partial charge >= 0.3 is 0 Å². The number of aliphatic hydroxyl groups excluding tert-OH is 1. The number of aliphatic hydroxyl groups is 1. The zero-order valence-corrected chi connectivity index (χ0v) is 8.20. The predicted octanol–water partition coefficient (Wildman–Crippen LogP) is 2.48. The molecule has 1 fully saturated rings. The average Bonchev–Trinajstić information content (AvgIpc) is 2.82. The topological polar surface area (TPSA) is 20.2 Å². The zero-order chi connectivity index (χ0) is 9.42. The van der Waals surface area contributed by atoms with Gasteiger partial charge in [0.15, 0.2) is 0 Å². The molecule has 1 aliphatic rings. The van der Waals surface area contributed by atoms with Gasteiger partial charge in [0.05, 0.1) is 6.10 Å². The molecule has 0 heterocycles. The number of hydrogen-bond acceptors (Lipinski definition) is 1. The van der Waals surface area contributed by atoms with Crippen molar-refractivity contribution >= 4 is 0 Å². The molecule has 13 heavy (non-hydrogen) atoms.